The lowest BCUT2D eigenvalue weighted by atomic mass is 9.83. The first-order valence-corrected chi connectivity index (χ1v) is 12.5. The summed E-state index contributed by atoms with van der Waals surface area (Å²) in [5.41, 5.74) is -0.0613. The molecule has 36 heavy (non-hydrogen) atoms. The minimum atomic E-state index is -0.731. The second-order valence-electron chi connectivity index (χ2n) is 9.25. The van der Waals surface area contributed by atoms with E-state index >= 15 is 0 Å². The van der Waals surface area contributed by atoms with Crippen molar-refractivity contribution in [2.45, 2.75) is 71.5 Å². The van der Waals surface area contributed by atoms with Gasteiger partial charge in [0.25, 0.3) is 0 Å². The Labute approximate surface area is 212 Å². The number of Topliss-reactive ketones (excluding diaryl/α,β-unsaturated/α-hetero) is 1. The predicted octanol–water partition coefficient (Wildman–Crippen LogP) is 5.18. The third-order valence-electron chi connectivity index (χ3n) is 6.39. The number of hydrogen-bond donors (Lipinski definition) is 0. The van der Waals surface area contributed by atoms with E-state index < -0.39 is 29.7 Å². The van der Waals surface area contributed by atoms with Gasteiger partial charge in [0.05, 0.1) is 13.0 Å². The standard InChI is InChI=1S/C28H35NO7/c1-18(17-23(31)25-27(35-20(3)30)24(33-4)15-16-29-25)28(32)36-26(21-11-7-5-8-12-21)19(2)34-22-13-9-6-10-14-22/h6,9-10,13-16,18-19,21,26H,5,7-8,11-12,17H2,1-4H3/t18-,19+,26-/m1/s1. The molecule has 1 aliphatic rings. The van der Waals surface area contributed by atoms with Crippen LogP contribution in [-0.4, -0.2) is 42.0 Å². The molecule has 1 fully saturated rings. The van der Waals surface area contributed by atoms with Gasteiger partial charge in [0.1, 0.15) is 18.0 Å². The molecule has 3 rings (SSSR count). The van der Waals surface area contributed by atoms with Crippen molar-refractivity contribution in [1.82, 2.24) is 4.98 Å². The van der Waals surface area contributed by atoms with Crippen LogP contribution in [0.25, 0.3) is 0 Å². The lowest BCUT2D eigenvalue weighted by molar-refractivity contribution is -0.163. The molecule has 1 heterocycles. The summed E-state index contributed by atoms with van der Waals surface area (Å²) in [7, 11) is 1.40. The number of carbonyl (C=O) groups is 3. The monoisotopic (exact) mass is 497 g/mol. The number of ketones is 1. The first kappa shape index (κ1) is 27.2. The second-order valence-corrected chi connectivity index (χ2v) is 9.25. The quantitative estimate of drug-likeness (QED) is 0.309. The van der Waals surface area contributed by atoms with Crippen LogP contribution in [0.2, 0.25) is 0 Å². The molecule has 8 heteroatoms. The van der Waals surface area contributed by atoms with E-state index in [1.165, 1.54) is 32.7 Å². The number of benzene rings is 1. The summed E-state index contributed by atoms with van der Waals surface area (Å²) in [6.45, 7) is 4.79. The maximum atomic E-state index is 13.1. The van der Waals surface area contributed by atoms with E-state index in [4.69, 9.17) is 18.9 Å². The molecule has 1 aromatic heterocycles. The molecule has 8 nitrogen and oxygen atoms in total. The average Bonchev–Trinajstić information content (AvgIpc) is 2.87. The molecule has 0 amide bonds. The molecular weight excluding hydrogens is 462 g/mol. The molecule has 194 valence electrons. The fourth-order valence-electron chi connectivity index (χ4n) is 4.56. The van der Waals surface area contributed by atoms with Crippen molar-refractivity contribution in [1.29, 1.82) is 0 Å². The molecule has 0 unspecified atom stereocenters. The van der Waals surface area contributed by atoms with Crippen LogP contribution in [0.5, 0.6) is 17.2 Å². The number of esters is 2. The van der Waals surface area contributed by atoms with Gasteiger partial charge in [-0.15, -0.1) is 0 Å². The summed E-state index contributed by atoms with van der Waals surface area (Å²) in [6, 6.07) is 11.0. The molecule has 0 bridgehead atoms. The van der Waals surface area contributed by atoms with E-state index in [1.54, 1.807) is 6.92 Å². The van der Waals surface area contributed by atoms with Gasteiger partial charge in [-0.2, -0.15) is 0 Å². The lowest BCUT2D eigenvalue weighted by Gasteiger charge is -2.34. The molecule has 0 saturated heterocycles. The van der Waals surface area contributed by atoms with Gasteiger partial charge in [-0.25, -0.2) is 4.98 Å². The van der Waals surface area contributed by atoms with Crippen LogP contribution in [0, 0.1) is 11.8 Å². The van der Waals surface area contributed by atoms with E-state index in [0.717, 1.165) is 25.7 Å². The zero-order chi connectivity index (χ0) is 26.1. The Hall–Kier alpha value is -3.42. The number of rotatable bonds is 11. The average molecular weight is 498 g/mol. The smallest absolute Gasteiger partial charge is 0.309 e. The van der Waals surface area contributed by atoms with Gasteiger partial charge < -0.3 is 18.9 Å². The van der Waals surface area contributed by atoms with Crippen molar-refractivity contribution in [2.75, 3.05) is 7.11 Å². The number of ether oxygens (including phenoxy) is 4. The molecule has 3 atom stereocenters. The number of aromatic nitrogens is 1. The van der Waals surface area contributed by atoms with Gasteiger partial charge in [0.15, 0.2) is 17.2 Å². The van der Waals surface area contributed by atoms with Crippen molar-refractivity contribution < 1.29 is 33.3 Å². The molecule has 0 N–H and O–H groups in total. The predicted molar refractivity (Wildman–Crippen MR) is 133 cm³/mol. The van der Waals surface area contributed by atoms with Crippen molar-refractivity contribution in [2.24, 2.45) is 11.8 Å². The number of nitrogens with zero attached hydrogens (tertiary/aromatic N) is 1. The van der Waals surface area contributed by atoms with Crippen molar-refractivity contribution in [3.8, 4) is 17.2 Å². The fourth-order valence-corrected chi connectivity index (χ4v) is 4.56. The van der Waals surface area contributed by atoms with Crippen LogP contribution in [0.15, 0.2) is 42.6 Å². The van der Waals surface area contributed by atoms with E-state index in [9.17, 15) is 14.4 Å². The number of hydrogen-bond acceptors (Lipinski definition) is 8. The highest BCUT2D eigenvalue weighted by Crippen LogP contribution is 2.33. The summed E-state index contributed by atoms with van der Waals surface area (Å²) in [6.07, 6.45) is 5.74. The van der Waals surface area contributed by atoms with E-state index in [2.05, 4.69) is 4.98 Å². The molecule has 1 aromatic carbocycles. The Morgan fingerprint density at radius 3 is 2.36 bits per heavy atom. The van der Waals surface area contributed by atoms with Gasteiger partial charge in [0.2, 0.25) is 5.75 Å². The van der Waals surface area contributed by atoms with Gasteiger partial charge in [-0.1, -0.05) is 44.4 Å². The Morgan fingerprint density at radius 1 is 1.03 bits per heavy atom. The van der Waals surface area contributed by atoms with Crippen molar-refractivity contribution >= 4 is 17.7 Å². The Morgan fingerprint density at radius 2 is 1.72 bits per heavy atom. The summed E-state index contributed by atoms with van der Waals surface area (Å²) < 4.78 is 22.5. The highest BCUT2D eigenvalue weighted by atomic mass is 16.6. The van der Waals surface area contributed by atoms with Gasteiger partial charge in [-0.05, 0) is 37.8 Å². The third kappa shape index (κ3) is 7.29. The van der Waals surface area contributed by atoms with Crippen LogP contribution in [-0.2, 0) is 14.3 Å². The summed E-state index contributed by atoms with van der Waals surface area (Å²) in [4.78, 5) is 41.8. The first-order valence-electron chi connectivity index (χ1n) is 12.5. The minimum Gasteiger partial charge on any atom is -0.493 e. The Balaban J connectivity index is 1.72. The highest BCUT2D eigenvalue weighted by Gasteiger charge is 2.35. The highest BCUT2D eigenvalue weighted by molar-refractivity contribution is 5.99. The number of pyridine rings is 1. The summed E-state index contributed by atoms with van der Waals surface area (Å²) in [5, 5.41) is 0. The molecule has 0 radical (unpaired) electrons. The number of carbonyl (C=O) groups excluding carboxylic acids is 3. The van der Waals surface area contributed by atoms with Gasteiger partial charge in [-0.3, -0.25) is 14.4 Å². The number of methoxy groups -OCH3 is 1. The van der Waals surface area contributed by atoms with E-state index in [1.807, 2.05) is 37.3 Å². The van der Waals surface area contributed by atoms with Crippen molar-refractivity contribution in [3.05, 3.63) is 48.3 Å². The topological polar surface area (TPSA) is 101 Å². The molecule has 0 spiro atoms. The Bertz CT molecular complexity index is 1030. The molecule has 1 aliphatic carbocycles. The summed E-state index contributed by atoms with van der Waals surface area (Å²) >= 11 is 0. The SMILES string of the molecule is COc1ccnc(C(=O)C[C@@H](C)C(=O)O[C@@H](C2CCCCC2)[C@H](C)Oc2ccccc2)c1OC(C)=O. The largest absolute Gasteiger partial charge is 0.493 e. The van der Waals surface area contributed by atoms with Crippen LogP contribution >= 0.6 is 0 Å². The minimum absolute atomic E-state index is 0.0527. The van der Waals surface area contributed by atoms with Gasteiger partial charge >= 0.3 is 11.9 Å². The van der Waals surface area contributed by atoms with Crippen molar-refractivity contribution in [3.63, 3.8) is 0 Å². The molecule has 0 aliphatic heterocycles. The van der Waals surface area contributed by atoms with Crippen LogP contribution in [0.4, 0.5) is 0 Å². The third-order valence-corrected chi connectivity index (χ3v) is 6.39. The normalized spacial score (nSPS) is 16.3. The first-order chi connectivity index (χ1) is 17.3. The maximum Gasteiger partial charge on any atom is 0.309 e. The summed E-state index contributed by atoms with van der Waals surface area (Å²) in [5.74, 6) is -1.19. The van der Waals surface area contributed by atoms with Crippen LogP contribution in [0.1, 0.15) is 69.8 Å². The fraction of sp³-hybridized carbons (Fsp3) is 0.500. The van der Waals surface area contributed by atoms with Gasteiger partial charge in [0, 0.05) is 25.6 Å². The number of para-hydroxylation sites is 1. The maximum absolute atomic E-state index is 13.1. The zero-order valence-corrected chi connectivity index (χ0v) is 21.4. The van der Waals surface area contributed by atoms with E-state index in [0.29, 0.717) is 5.75 Å². The molecule has 2 aromatic rings. The van der Waals surface area contributed by atoms with E-state index in [-0.39, 0.29) is 35.6 Å². The Kier molecular flexibility index (Phi) is 9.85. The van der Waals surface area contributed by atoms with Crippen LogP contribution < -0.4 is 14.2 Å². The lowest BCUT2D eigenvalue weighted by Crippen LogP contribution is -2.41. The molecular formula is C28H35NO7. The zero-order valence-electron chi connectivity index (χ0n) is 21.4. The molecule has 1 saturated carbocycles. The second kappa shape index (κ2) is 13.0. The van der Waals surface area contributed by atoms with Crippen LogP contribution in [0.3, 0.4) is 0 Å².